The van der Waals surface area contributed by atoms with Gasteiger partial charge in [0.05, 0.1) is 13.0 Å². The molecule has 2 aromatic rings. The molecule has 0 N–H and O–H groups in total. The number of carbonyl (C=O) groups is 3. The van der Waals surface area contributed by atoms with Crippen LogP contribution >= 0.6 is 0 Å². The maximum Gasteiger partial charge on any atom is 0.227 e. The number of benzene rings is 2. The molecular formula is C26H30N2O4. The number of carbonyl (C=O) groups excluding carboxylic acids is 3. The third-order valence-corrected chi connectivity index (χ3v) is 6.63. The summed E-state index contributed by atoms with van der Waals surface area (Å²) in [5.74, 6) is 0.626. The van der Waals surface area contributed by atoms with Gasteiger partial charge in [-0.1, -0.05) is 30.3 Å². The van der Waals surface area contributed by atoms with Crippen LogP contribution in [-0.4, -0.2) is 60.7 Å². The summed E-state index contributed by atoms with van der Waals surface area (Å²) in [5, 5.41) is 0. The van der Waals surface area contributed by atoms with Crippen LogP contribution in [-0.2, 0) is 16.0 Å². The lowest BCUT2D eigenvalue weighted by Crippen LogP contribution is -2.43. The van der Waals surface area contributed by atoms with Gasteiger partial charge in [-0.05, 0) is 49.1 Å². The maximum atomic E-state index is 13.0. The number of rotatable bonds is 7. The van der Waals surface area contributed by atoms with E-state index in [1.165, 1.54) is 5.56 Å². The Hall–Kier alpha value is -3.15. The summed E-state index contributed by atoms with van der Waals surface area (Å²) in [7, 11) is 1.60. The summed E-state index contributed by atoms with van der Waals surface area (Å²) in [6.07, 6.45) is 2.41. The molecule has 0 spiro atoms. The van der Waals surface area contributed by atoms with Gasteiger partial charge in [-0.15, -0.1) is 0 Å². The van der Waals surface area contributed by atoms with Crippen LogP contribution in [0.3, 0.4) is 0 Å². The largest absolute Gasteiger partial charge is 0.497 e. The summed E-state index contributed by atoms with van der Waals surface area (Å²) in [4.78, 5) is 41.9. The zero-order chi connectivity index (χ0) is 22.5. The second-order valence-electron chi connectivity index (χ2n) is 8.67. The summed E-state index contributed by atoms with van der Waals surface area (Å²) < 4.78 is 5.15. The molecule has 1 atom stereocenters. The number of hydrogen-bond acceptors (Lipinski definition) is 4. The van der Waals surface area contributed by atoms with Crippen LogP contribution in [0.1, 0.15) is 35.2 Å². The van der Waals surface area contributed by atoms with Crippen molar-refractivity contribution in [3.8, 4) is 5.75 Å². The van der Waals surface area contributed by atoms with Crippen molar-refractivity contribution in [2.24, 2.45) is 11.8 Å². The van der Waals surface area contributed by atoms with Gasteiger partial charge in [0.15, 0.2) is 5.78 Å². The number of ketones is 1. The summed E-state index contributed by atoms with van der Waals surface area (Å²) in [5.41, 5.74) is 1.88. The molecule has 2 saturated heterocycles. The van der Waals surface area contributed by atoms with E-state index in [2.05, 4.69) is 12.1 Å². The van der Waals surface area contributed by atoms with Crippen molar-refractivity contribution in [1.29, 1.82) is 0 Å². The number of likely N-dealkylation sites (tertiary alicyclic amines) is 2. The van der Waals surface area contributed by atoms with Crippen LogP contribution in [0.25, 0.3) is 0 Å². The number of nitrogens with zero attached hydrogens (tertiary/aromatic N) is 2. The van der Waals surface area contributed by atoms with Crippen LogP contribution in [0, 0.1) is 11.8 Å². The van der Waals surface area contributed by atoms with Gasteiger partial charge in [0, 0.05) is 44.1 Å². The number of piperidine rings is 1. The van der Waals surface area contributed by atoms with E-state index in [4.69, 9.17) is 4.74 Å². The Morgan fingerprint density at radius 1 is 0.969 bits per heavy atom. The second-order valence-corrected chi connectivity index (χ2v) is 8.67. The average molecular weight is 435 g/mol. The second kappa shape index (κ2) is 9.98. The van der Waals surface area contributed by atoms with Crippen molar-refractivity contribution < 1.29 is 19.1 Å². The predicted octanol–water partition coefficient (Wildman–Crippen LogP) is 3.21. The molecule has 4 rings (SSSR count). The molecule has 6 nitrogen and oxygen atoms in total. The Morgan fingerprint density at radius 3 is 2.31 bits per heavy atom. The normalized spacial score (nSPS) is 19.3. The molecule has 2 aliphatic rings. The fourth-order valence-electron chi connectivity index (χ4n) is 4.67. The highest BCUT2D eigenvalue weighted by Gasteiger charge is 2.38. The lowest BCUT2D eigenvalue weighted by Gasteiger charge is -2.33. The first-order chi connectivity index (χ1) is 15.5. The monoisotopic (exact) mass is 434 g/mol. The molecule has 0 aliphatic carbocycles. The molecule has 0 saturated carbocycles. The lowest BCUT2D eigenvalue weighted by atomic mass is 9.88. The molecule has 2 aliphatic heterocycles. The molecule has 2 amide bonds. The number of amides is 2. The standard InChI is InChI=1S/C26H30N2O4/c1-32-23-9-7-20(8-10-23)25(30)21-12-15-27(16-13-21)26(31)22-17-24(29)28(18-22)14-11-19-5-3-2-4-6-19/h2-10,21-22H,11-18H2,1H3/t22-/m1/s1. The lowest BCUT2D eigenvalue weighted by molar-refractivity contribution is -0.137. The summed E-state index contributed by atoms with van der Waals surface area (Å²) in [6.45, 7) is 2.28. The highest BCUT2D eigenvalue weighted by Crippen LogP contribution is 2.26. The first kappa shape index (κ1) is 22.1. The maximum absolute atomic E-state index is 13.0. The molecule has 6 heteroatoms. The fraction of sp³-hybridized carbons (Fsp3) is 0.423. The minimum atomic E-state index is -0.271. The molecule has 2 heterocycles. The summed E-state index contributed by atoms with van der Waals surface area (Å²) in [6, 6.07) is 17.3. The van der Waals surface area contributed by atoms with Gasteiger partial charge in [0.1, 0.15) is 5.75 Å². The fourth-order valence-corrected chi connectivity index (χ4v) is 4.67. The number of methoxy groups -OCH3 is 1. The molecule has 0 bridgehead atoms. The van der Waals surface area contributed by atoms with Crippen molar-refractivity contribution >= 4 is 17.6 Å². The van der Waals surface area contributed by atoms with Gasteiger partial charge >= 0.3 is 0 Å². The number of ether oxygens (including phenoxy) is 1. The van der Waals surface area contributed by atoms with Crippen molar-refractivity contribution in [1.82, 2.24) is 9.80 Å². The minimum absolute atomic E-state index is 0.0518. The smallest absolute Gasteiger partial charge is 0.227 e. The molecule has 0 aromatic heterocycles. The SMILES string of the molecule is COc1ccc(C(=O)C2CCN(C(=O)[C@@H]3CC(=O)N(CCc4ccccc4)C3)CC2)cc1. The molecule has 0 unspecified atom stereocenters. The molecule has 168 valence electrons. The van der Waals surface area contributed by atoms with Crippen LogP contribution in [0.2, 0.25) is 0 Å². The Balaban J connectivity index is 1.26. The first-order valence-corrected chi connectivity index (χ1v) is 11.3. The third kappa shape index (κ3) is 5.01. The number of hydrogen-bond donors (Lipinski definition) is 0. The topological polar surface area (TPSA) is 66.9 Å². The molecule has 2 fully saturated rings. The Bertz CT molecular complexity index is 950. The van der Waals surface area contributed by atoms with E-state index in [1.807, 2.05) is 28.0 Å². The third-order valence-electron chi connectivity index (χ3n) is 6.63. The molecule has 2 aromatic carbocycles. The minimum Gasteiger partial charge on any atom is -0.497 e. The van der Waals surface area contributed by atoms with Crippen LogP contribution in [0.4, 0.5) is 0 Å². The quantitative estimate of drug-likeness (QED) is 0.628. The highest BCUT2D eigenvalue weighted by molar-refractivity contribution is 5.98. The van der Waals surface area contributed by atoms with E-state index < -0.39 is 0 Å². The van der Waals surface area contributed by atoms with E-state index in [9.17, 15) is 14.4 Å². The average Bonchev–Trinajstić information content (AvgIpc) is 3.23. The van der Waals surface area contributed by atoms with E-state index in [1.54, 1.807) is 31.4 Å². The van der Waals surface area contributed by atoms with Gasteiger partial charge in [0.2, 0.25) is 11.8 Å². The molecule has 32 heavy (non-hydrogen) atoms. The van der Waals surface area contributed by atoms with Crippen LogP contribution in [0.15, 0.2) is 54.6 Å². The van der Waals surface area contributed by atoms with E-state index in [0.717, 1.165) is 12.2 Å². The Kier molecular flexibility index (Phi) is 6.88. The highest BCUT2D eigenvalue weighted by atomic mass is 16.5. The zero-order valence-corrected chi connectivity index (χ0v) is 18.5. The van der Waals surface area contributed by atoms with Gasteiger partial charge in [0.25, 0.3) is 0 Å². The van der Waals surface area contributed by atoms with Crippen molar-refractivity contribution in [3.05, 3.63) is 65.7 Å². The van der Waals surface area contributed by atoms with Crippen LogP contribution < -0.4 is 4.74 Å². The van der Waals surface area contributed by atoms with Gasteiger partial charge in [-0.2, -0.15) is 0 Å². The van der Waals surface area contributed by atoms with Crippen LogP contribution in [0.5, 0.6) is 5.75 Å². The van der Waals surface area contributed by atoms with Crippen molar-refractivity contribution in [2.45, 2.75) is 25.7 Å². The first-order valence-electron chi connectivity index (χ1n) is 11.3. The van der Waals surface area contributed by atoms with Gasteiger partial charge in [-0.25, -0.2) is 0 Å². The Labute approximate surface area is 189 Å². The molecule has 0 radical (unpaired) electrons. The predicted molar refractivity (Wildman–Crippen MR) is 121 cm³/mol. The molecular weight excluding hydrogens is 404 g/mol. The van der Waals surface area contributed by atoms with E-state index in [-0.39, 0.29) is 29.4 Å². The van der Waals surface area contributed by atoms with E-state index >= 15 is 0 Å². The van der Waals surface area contributed by atoms with Crippen molar-refractivity contribution in [3.63, 3.8) is 0 Å². The number of Topliss-reactive ketones (excluding diaryl/α,β-unsaturated/α-hetero) is 1. The van der Waals surface area contributed by atoms with Gasteiger partial charge < -0.3 is 14.5 Å². The Morgan fingerprint density at radius 2 is 1.66 bits per heavy atom. The van der Waals surface area contributed by atoms with Crippen molar-refractivity contribution in [2.75, 3.05) is 33.3 Å². The zero-order valence-electron chi connectivity index (χ0n) is 18.5. The van der Waals surface area contributed by atoms with E-state index in [0.29, 0.717) is 51.0 Å². The summed E-state index contributed by atoms with van der Waals surface area (Å²) >= 11 is 0. The van der Waals surface area contributed by atoms with Gasteiger partial charge in [-0.3, -0.25) is 14.4 Å².